The molecule has 3 N–H and O–H groups in total. The number of methoxy groups -OCH3 is 1. The molecular formula is C21H21N3O6. The predicted molar refractivity (Wildman–Crippen MR) is 107 cm³/mol. The largest absolute Gasteiger partial charge is 0.497 e. The number of carboxylic acid groups (broad SMARTS) is 1. The third-order valence-electron chi connectivity index (χ3n) is 4.67. The molecule has 0 bridgehead atoms. The van der Waals surface area contributed by atoms with Crippen LogP contribution in [0.3, 0.4) is 0 Å². The van der Waals surface area contributed by atoms with Gasteiger partial charge in [0.2, 0.25) is 5.88 Å². The number of nitrogens with two attached hydrogens (primary N) is 1. The summed E-state index contributed by atoms with van der Waals surface area (Å²) in [5, 5.41) is 8.95. The highest BCUT2D eigenvalue weighted by atomic mass is 16.5. The van der Waals surface area contributed by atoms with Crippen molar-refractivity contribution >= 4 is 23.2 Å². The van der Waals surface area contributed by atoms with Crippen molar-refractivity contribution in [3.8, 4) is 11.6 Å². The standard InChI is InChI=1S/C21H21N3O6/c1-3-14-15(10-12-5-4-6-13(9-12)29-2)24-8-7-23-21(30-11-16(25)26)18(24)17(14)19(27)20(22)28/h4-9H,3,10-11H2,1-2H3,(H2,22,28)(H,25,26). The molecule has 0 aliphatic heterocycles. The normalized spacial score (nSPS) is 10.7. The Hall–Kier alpha value is -3.88. The van der Waals surface area contributed by atoms with Gasteiger partial charge in [0.15, 0.2) is 6.61 Å². The Morgan fingerprint density at radius 2 is 2.03 bits per heavy atom. The number of amides is 1. The lowest BCUT2D eigenvalue weighted by atomic mass is 9.99. The van der Waals surface area contributed by atoms with Gasteiger partial charge in [-0.2, -0.15) is 0 Å². The number of Topliss-reactive ketones (excluding diaryl/α,β-unsaturated/α-hetero) is 1. The molecule has 0 unspecified atom stereocenters. The van der Waals surface area contributed by atoms with Crippen LogP contribution in [0.4, 0.5) is 0 Å². The van der Waals surface area contributed by atoms with Gasteiger partial charge in [-0.25, -0.2) is 9.78 Å². The first-order chi connectivity index (χ1) is 14.4. The monoisotopic (exact) mass is 411 g/mol. The molecule has 0 saturated heterocycles. The maximum atomic E-state index is 12.7. The van der Waals surface area contributed by atoms with E-state index in [9.17, 15) is 14.4 Å². The summed E-state index contributed by atoms with van der Waals surface area (Å²) in [4.78, 5) is 39.4. The number of ether oxygens (including phenoxy) is 2. The molecule has 156 valence electrons. The van der Waals surface area contributed by atoms with Gasteiger partial charge in [0.1, 0.15) is 11.3 Å². The Labute approximate surface area is 172 Å². The smallest absolute Gasteiger partial charge is 0.341 e. The number of hydrogen-bond acceptors (Lipinski definition) is 6. The number of hydrogen-bond donors (Lipinski definition) is 2. The highest BCUT2D eigenvalue weighted by molar-refractivity contribution is 6.44. The van der Waals surface area contributed by atoms with E-state index in [1.165, 1.54) is 6.20 Å². The summed E-state index contributed by atoms with van der Waals surface area (Å²) in [7, 11) is 1.57. The number of ketones is 1. The van der Waals surface area contributed by atoms with Gasteiger partial charge >= 0.3 is 5.97 Å². The molecule has 9 nitrogen and oxygen atoms in total. The van der Waals surface area contributed by atoms with Crippen LogP contribution in [0.15, 0.2) is 36.7 Å². The first-order valence-electron chi connectivity index (χ1n) is 9.19. The second-order valence-corrected chi connectivity index (χ2v) is 6.51. The average Bonchev–Trinajstić information content (AvgIpc) is 3.05. The molecule has 0 atom stereocenters. The van der Waals surface area contributed by atoms with E-state index < -0.39 is 24.3 Å². The molecular weight excluding hydrogens is 390 g/mol. The minimum absolute atomic E-state index is 0.0592. The number of carboxylic acids is 1. The molecule has 1 amide bonds. The molecule has 2 aromatic heterocycles. The topological polar surface area (TPSA) is 133 Å². The highest BCUT2D eigenvalue weighted by Crippen LogP contribution is 2.32. The van der Waals surface area contributed by atoms with E-state index in [0.29, 0.717) is 24.2 Å². The van der Waals surface area contributed by atoms with Gasteiger partial charge in [0.05, 0.1) is 12.7 Å². The van der Waals surface area contributed by atoms with Crippen LogP contribution < -0.4 is 15.2 Å². The molecule has 9 heteroatoms. The summed E-state index contributed by atoms with van der Waals surface area (Å²) in [6.07, 6.45) is 3.94. The van der Waals surface area contributed by atoms with Crippen LogP contribution in [0.2, 0.25) is 0 Å². The lowest BCUT2D eigenvalue weighted by Gasteiger charge is -2.09. The maximum absolute atomic E-state index is 12.7. The number of benzene rings is 1. The van der Waals surface area contributed by atoms with Crippen molar-refractivity contribution in [1.29, 1.82) is 0 Å². The summed E-state index contributed by atoms with van der Waals surface area (Å²) in [6, 6.07) is 7.47. The second kappa shape index (κ2) is 8.64. The number of aromatic nitrogens is 2. The molecule has 2 heterocycles. The zero-order valence-corrected chi connectivity index (χ0v) is 16.5. The maximum Gasteiger partial charge on any atom is 0.341 e. The number of fused-ring (bicyclic) bond motifs is 1. The minimum Gasteiger partial charge on any atom is -0.497 e. The van der Waals surface area contributed by atoms with Crippen LogP contribution in [0, 0.1) is 0 Å². The van der Waals surface area contributed by atoms with E-state index >= 15 is 0 Å². The molecule has 30 heavy (non-hydrogen) atoms. The molecule has 0 aliphatic rings. The van der Waals surface area contributed by atoms with Crippen molar-refractivity contribution in [3.63, 3.8) is 0 Å². The molecule has 0 fully saturated rings. The van der Waals surface area contributed by atoms with E-state index in [2.05, 4.69) is 4.98 Å². The Bertz CT molecular complexity index is 1140. The lowest BCUT2D eigenvalue weighted by Crippen LogP contribution is -2.24. The number of carbonyl (C=O) groups is 3. The molecule has 1 aromatic carbocycles. The van der Waals surface area contributed by atoms with E-state index in [1.54, 1.807) is 17.7 Å². The molecule has 0 radical (unpaired) electrons. The van der Waals surface area contributed by atoms with Gasteiger partial charge in [0, 0.05) is 24.5 Å². The quantitative estimate of drug-likeness (QED) is 0.404. The fourth-order valence-electron chi connectivity index (χ4n) is 3.44. The summed E-state index contributed by atoms with van der Waals surface area (Å²) in [5.74, 6) is -2.56. The van der Waals surface area contributed by atoms with Crippen LogP contribution in [0.5, 0.6) is 11.6 Å². The number of rotatable bonds is 9. The second-order valence-electron chi connectivity index (χ2n) is 6.51. The van der Waals surface area contributed by atoms with E-state index in [1.807, 2.05) is 31.2 Å². The lowest BCUT2D eigenvalue weighted by molar-refractivity contribution is -0.139. The number of aliphatic carboxylic acids is 1. The Morgan fingerprint density at radius 1 is 1.27 bits per heavy atom. The first-order valence-corrected chi connectivity index (χ1v) is 9.19. The van der Waals surface area contributed by atoms with E-state index in [-0.39, 0.29) is 17.0 Å². The van der Waals surface area contributed by atoms with Crippen LogP contribution in [0.1, 0.15) is 34.1 Å². The number of primary amides is 1. The fourth-order valence-corrected chi connectivity index (χ4v) is 3.44. The zero-order valence-electron chi connectivity index (χ0n) is 16.5. The van der Waals surface area contributed by atoms with Gasteiger partial charge in [-0.3, -0.25) is 9.59 Å². The molecule has 3 aromatic rings. The van der Waals surface area contributed by atoms with Gasteiger partial charge in [-0.15, -0.1) is 0 Å². The average molecular weight is 411 g/mol. The van der Waals surface area contributed by atoms with Crippen molar-refractivity contribution in [2.45, 2.75) is 19.8 Å². The van der Waals surface area contributed by atoms with Gasteiger partial charge in [-0.05, 0) is 29.7 Å². The molecule has 0 spiro atoms. The zero-order chi connectivity index (χ0) is 21.8. The van der Waals surface area contributed by atoms with Crippen LogP contribution in [0.25, 0.3) is 5.52 Å². The first kappa shape index (κ1) is 20.8. The molecule has 3 rings (SSSR count). The third-order valence-corrected chi connectivity index (χ3v) is 4.67. The summed E-state index contributed by atoms with van der Waals surface area (Å²) in [5.41, 5.74) is 7.87. The molecule has 0 aliphatic carbocycles. The van der Waals surface area contributed by atoms with E-state index in [4.69, 9.17) is 20.3 Å². The predicted octanol–water partition coefficient (Wildman–Crippen LogP) is 1.63. The Kier molecular flexibility index (Phi) is 6.01. The molecule has 0 saturated carbocycles. The van der Waals surface area contributed by atoms with Crippen LogP contribution in [-0.4, -0.2) is 45.9 Å². The van der Waals surface area contributed by atoms with Gasteiger partial charge in [0.25, 0.3) is 11.7 Å². The summed E-state index contributed by atoms with van der Waals surface area (Å²) in [6.45, 7) is 1.21. The van der Waals surface area contributed by atoms with Crippen molar-refractivity contribution in [2.24, 2.45) is 5.73 Å². The Morgan fingerprint density at radius 3 is 2.67 bits per heavy atom. The van der Waals surface area contributed by atoms with Crippen LogP contribution >= 0.6 is 0 Å². The van der Waals surface area contributed by atoms with Crippen LogP contribution in [-0.2, 0) is 22.4 Å². The summed E-state index contributed by atoms with van der Waals surface area (Å²) < 4.78 is 12.3. The fraction of sp³-hybridized carbons (Fsp3) is 0.238. The van der Waals surface area contributed by atoms with Crippen molar-refractivity contribution in [1.82, 2.24) is 9.38 Å². The van der Waals surface area contributed by atoms with Gasteiger partial charge in [-0.1, -0.05) is 19.1 Å². The van der Waals surface area contributed by atoms with E-state index in [0.717, 1.165) is 11.3 Å². The number of carbonyl (C=O) groups excluding carboxylic acids is 2. The summed E-state index contributed by atoms with van der Waals surface area (Å²) >= 11 is 0. The SMILES string of the molecule is CCc1c(C(=O)C(N)=O)c2c(OCC(=O)O)nccn2c1Cc1cccc(OC)c1. The van der Waals surface area contributed by atoms with Crippen molar-refractivity contribution in [3.05, 3.63) is 59.0 Å². The minimum atomic E-state index is -1.19. The third kappa shape index (κ3) is 3.95. The highest BCUT2D eigenvalue weighted by Gasteiger charge is 2.28. The van der Waals surface area contributed by atoms with Gasteiger partial charge < -0.3 is 24.7 Å². The van der Waals surface area contributed by atoms with Crippen molar-refractivity contribution < 1.29 is 29.0 Å². The Balaban J connectivity index is 2.25. The van der Waals surface area contributed by atoms with Crippen molar-refractivity contribution in [2.75, 3.05) is 13.7 Å². The number of nitrogens with zero attached hydrogens (tertiary/aromatic N) is 2.